The number of rotatable bonds is 4. The van der Waals surface area contributed by atoms with E-state index < -0.39 is 0 Å². The van der Waals surface area contributed by atoms with Gasteiger partial charge in [0, 0.05) is 18.5 Å². The van der Waals surface area contributed by atoms with Crippen LogP contribution in [-0.4, -0.2) is 24.8 Å². The van der Waals surface area contributed by atoms with E-state index in [2.05, 4.69) is 36.5 Å². The molecule has 2 heteroatoms. The maximum absolute atomic E-state index is 8.59. The first kappa shape index (κ1) is 9.49. The second-order valence-electron chi connectivity index (χ2n) is 3.55. The molecule has 1 aliphatic rings. The van der Waals surface area contributed by atoms with Crippen LogP contribution >= 0.6 is 0 Å². The predicted octanol–water partition coefficient (Wildman–Crippen LogP) is 1.09. The van der Waals surface area contributed by atoms with Crippen LogP contribution in [0.5, 0.6) is 0 Å². The molecule has 0 saturated carbocycles. The van der Waals surface area contributed by atoms with Crippen molar-refractivity contribution in [1.29, 1.82) is 0 Å². The molecule has 0 amide bonds. The Balaban J connectivity index is 2.29. The molecule has 0 bridgehead atoms. The van der Waals surface area contributed by atoms with Crippen molar-refractivity contribution in [3.8, 4) is 0 Å². The molecule has 0 aromatic heterocycles. The highest BCUT2D eigenvalue weighted by molar-refractivity contribution is 5.15. The molecule has 1 unspecified atom stereocenters. The highest BCUT2D eigenvalue weighted by Gasteiger charge is 2.19. The number of aliphatic hydroxyl groups excluding tert-OH is 1. The lowest BCUT2D eigenvalue weighted by Crippen LogP contribution is -2.32. The Morgan fingerprint density at radius 3 is 2.92 bits per heavy atom. The zero-order valence-electron chi connectivity index (χ0n) is 7.59. The molecule has 0 heterocycles. The smallest absolute Gasteiger partial charge is 0.0555 e. The molecular weight excluding hydrogens is 150 g/mol. The molecule has 0 aromatic rings. The molecule has 0 aromatic carbocycles. The fourth-order valence-electron chi connectivity index (χ4n) is 1.36. The minimum atomic E-state index is 0.218. The van der Waals surface area contributed by atoms with E-state index in [0.717, 1.165) is 13.0 Å². The number of aliphatic hydroxyl groups is 1. The second-order valence-corrected chi connectivity index (χ2v) is 3.55. The van der Waals surface area contributed by atoms with E-state index in [0.29, 0.717) is 6.54 Å². The number of hydrogen-bond donors (Lipinski definition) is 2. The van der Waals surface area contributed by atoms with Gasteiger partial charge in [-0.3, -0.25) is 0 Å². The van der Waals surface area contributed by atoms with Crippen molar-refractivity contribution in [2.75, 3.05) is 19.7 Å². The average Bonchev–Trinajstić information content (AvgIpc) is 2.06. The Labute approximate surface area is 74.0 Å². The Morgan fingerprint density at radius 1 is 1.50 bits per heavy atom. The summed E-state index contributed by atoms with van der Waals surface area (Å²) in [6.45, 7) is 4.06. The molecule has 0 radical (unpaired) electrons. The molecule has 0 spiro atoms. The zero-order chi connectivity index (χ0) is 8.86. The summed E-state index contributed by atoms with van der Waals surface area (Å²) in [5, 5.41) is 11.8. The SMILES string of the molecule is CC1(CNCCO)C=CC=CC1. The first-order valence-corrected chi connectivity index (χ1v) is 4.43. The first-order chi connectivity index (χ1) is 5.77. The monoisotopic (exact) mass is 167 g/mol. The maximum Gasteiger partial charge on any atom is 0.0555 e. The van der Waals surface area contributed by atoms with Crippen molar-refractivity contribution in [2.24, 2.45) is 5.41 Å². The second kappa shape index (κ2) is 4.43. The molecule has 1 rings (SSSR count). The van der Waals surface area contributed by atoms with Gasteiger partial charge in [0.25, 0.3) is 0 Å². The third-order valence-electron chi connectivity index (χ3n) is 2.15. The van der Waals surface area contributed by atoms with Crippen molar-refractivity contribution in [3.05, 3.63) is 24.3 Å². The van der Waals surface area contributed by atoms with Crippen LogP contribution in [0.3, 0.4) is 0 Å². The van der Waals surface area contributed by atoms with Gasteiger partial charge in [0.15, 0.2) is 0 Å². The van der Waals surface area contributed by atoms with Gasteiger partial charge in [-0.05, 0) is 6.42 Å². The lowest BCUT2D eigenvalue weighted by molar-refractivity contribution is 0.281. The summed E-state index contributed by atoms with van der Waals surface area (Å²) in [5.41, 5.74) is 0.240. The van der Waals surface area contributed by atoms with Gasteiger partial charge in [-0.25, -0.2) is 0 Å². The number of hydrogen-bond acceptors (Lipinski definition) is 2. The highest BCUT2D eigenvalue weighted by Crippen LogP contribution is 2.25. The van der Waals surface area contributed by atoms with Crippen LogP contribution in [0, 0.1) is 5.41 Å². The zero-order valence-corrected chi connectivity index (χ0v) is 7.59. The van der Waals surface area contributed by atoms with Crippen LogP contribution in [0.2, 0.25) is 0 Å². The van der Waals surface area contributed by atoms with Crippen LogP contribution in [0.25, 0.3) is 0 Å². The molecule has 0 aliphatic heterocycles. The van der Waals surface area contributed by atoms with E-state index in [4.69, 9.17) is 5.11 Å². The minimum absolute atomic E-state index is 0.218. The van der Waals surface area contributed by atoms with Crippen LogP contribution in [-0.2, 0) is 0 Å². The summed E-state index contributed by atoms with van der Waals surface area (Å²) in [6.07, 6.45) is 9.65. The average molecular weight is 167 g/mol. The Bertz CT molecular complexity index is 186. The van der Waals surface area contributed by atoms with Gasteiger partial charge in [-0.1, -0.05) is 31.2 Å². The third-order valence-corrected chi connectivity index (χ3v) is 2.15. The predicted molar refractivity (Wildman–Crippen MR) is 51.0 cm³/mol. The van der Waals surface area contributed by atoms with Crippen molar-refractivity contribution >= 4 is 0 Å². The normalized spacial score (nSPS) is 27.8. The van der Waals surface area contributed by atoms with Crippen molar-refractivity contribution in [1.82, 2.24) is 5.32 Å². The van der Waals surface area contributed by atoms with E-state index in [1.165, 1.54) is 0 Å². The van der Waals surface area contributed by atoms with Gasteiger partial charge < -0.3 is 10.4 Å². The summed E-state index contributed by atoms with van der Waals surface area (Å²) in [5.74, 6) is 0. The maximum atomic E-state index is 8.59. The molecule has 1 atom stereocenters. The fraction of sp³-hybridized carbons (Fsp3) is 0.600. The molecule has 0 saturated heterocycles. The molecule has 68 valence electrons. The summed E-state index contributed by atoms with van der Waals surface area (Å²) in [7, 11) is 0. The van der Waals surface area contributed by atoms with Gasteiger partial charge in [0.05, 0.1) is 6.61 Å². The van der Waals surface area contributed by atoms with Gasteiger partial charge in [0.1, 0.15) is 0 Å². The summed E-state index contributed by atoms with van der Waals surface area (Å²) >= 11 is 0. The largest absolute Gasteiger partial charge is 0.395 e. The highest BCUT2D eigenvalue weighted by atomic mass is 16.3. The number of allylic oxidation sites excluding steroid dienone is 3. The Morgan fingerprint density at radius 2 is 2.33 bits per heavy atom. The first-order valence-electron chi connectivity index (χ1n) is 4.43. The van der Waals surface area contributed by atoms with Gasteiger partial charge >= 0.3 is 0 Å². The molecule has 2 N–H and O–H groups in total. The van der Waals surface area contributed by atoms with Crippen LogP contribution in [0.4, 0.5) is 0 Å². The fourth-order valence-corrected chi connectivity index (χ4v) is 1.36. The lowest BCUT2D eigenvalue weighted by Gasteiger charge is -2.26. The van der Waals surface area contributed by atoms with E-state index in [9.17, 15) is 0 Å². The third kappa shape index (κ3) is 2.80. The van der Waals surface area contributed by atoms with Gasteiger partial charge in [-0.15, -0.1) is 0 Å². The van der Waals surface area contributed by atoms with Crippen LogP contribution in [0.1, 0.15) is 13.3 Å². The number of nitrogens with one attached hydrogen (secondary N) is 1. The van der Waals surface area contributed by atoms with E-state index in [1.807, 2.05) is 0 Å². The summed E-state index contributed by atoms with van der Waals surface area (Å²) in [4.78, 5) is 0. The van der Waals surface area contributed by atoms with Crippen molar-refractivity contribution < 1.29 is 5.11 Å². The molecular formula is C10H17NO. The lowest BCUT2D eigenvalue weighted by atomic mass is 9.84. The van der Waals surface area contributed by atoms with Gasteiger partial charge in [-0.2, -0.15) is 0 Å². The quantitative estimate of drug-likeness (QED) is 0.614. The Kier molecular flexibility index (Phi) is 3.50. The van der Waals surface area contributed by atoms with E-state index in [1.54, 1.807) is 0 Å². The summed E-state index contributed by atoms with van der Waals surface area (Å²) < 4.78 is 0. The molecule has 12 heavy (non-hydrogen) atoms. The van der Waals surface area contributed by atoms with E-state index in [-0.39, 0.29) is 12.0 Å². The standard InChI is InChI=1S/C10H17NO/c1-10(9-11-7-8-12)5-3-2-4-6-10/h2-5,11-12H,6-9H2,1H3. The molecule has 2 nitrogen and oxygen atoms in total. The Hall–Kier alpha value is -0.600. The van der Waals surface area contributed by atoms with E-state index >= 15 is 0 Å². The summed E-state index contributed by atoms with van der Waals surface area (Å²) in [6, 6.07) is 0. The van der Waals surface area contributed by atoms with Crippen molar-refractivity contribution in [3.63, 3.8) is 0 Å². The minimum Gasteiger partial charge on any atom is -0.395 e. The topological polar surface area (TPSA) is 32.3 Å². The van der Waals surface area contributed by atoms with Gasteiger partial charge in [0.2, 0.25) is 0 Å². The van der Waals surface area contributed by atoms with Crippen LogP contribution < -0.4 is 5.32 Å². The molecule has 0 fully saturated rings. The van der Waals surface area contributed by atoms with Crippen LogP contribution in [0.15, 0.2) is 24.3 Å². The van der Waals surface area contributed by atoms with Crippen molar-refractivity contribution in [2.45, 2.75) is 13.3 Å². The molecule has 1 aliphatic carbocycles.